The molecule has 2 atom stereocenters. The monoisotopic (exact) mass is 285 g/mol. The third-order valence-corrected chi connectivity index (χ3v) is 4.27. The van der Waals surface area contributed by atoms with Crippen LogP contribution in [0.1, 0.15) is 45.1 Å². The molecule has 0 bridgehead atoms. The molecular formula is C19H27NO. The Bertz CT molecular complexity index is 573. The van der Waals surface area contributed by atoms with Crippen molar-refractivity contribution in [2.75, 3.05) is 13.7 Å². The number of nitrogens with one attached hydrogen (secondary N) is 1. The highest BCUT2D eigenvalue weighted by molar-refractivity contribution is 5.84. The van der Waals surface area contributed by atoms with Crippen molar-refractivity contribution in [3.05, 3.63) is 42.0 Å². The highest BCUT2D eigenvalue weighted by Gasteiger charge is 2.17. The fourth-order valence-corrected chi connectivity index (χ4v) is 2.99. The molecule has 0 aliphatic carbocycles. The average molecular weight is 285 g/mol. The minimum absolute atomic E-state index is 0.524. The molecule has 0 heterocycles. The van der Waals surface area contributed by atoms with E-state index in [4.69, 9.17) is 4.74 Å². The van der Waals surface area contributed by atoms with Gasteiger partial charge in [-0.2, -0.15) is 0 Å². The van der Waals surface area contributed by atoms with Crippen LogP contribution in [-0.2, 0) is 0 Å². The Kier molecular flexibility index (Phi) is 5.63. The highest BCUT2D eigenvalue weighted by Crippen LogP contribution is 2.27. The summed E-state index contributed by atoms with van der Waals surface area (Å²) in [5.41, 5.74) is 1.41. The van der Waals surface area contributed by atoms with Gasteiger partial charge in [0.05, 0.1) is 7.11 Å². The van der Waals surface area contributed by atoms with Gasteiger partial charge in [-0.15, -0.1) is 0 Å². The standard InChI is InChI=1S/C19H27NO/c1-5-7-19(20-6-2)14(3)15-8-9-17-13-18(21-4)11-10-16(17)12-15/h8-14,19-20H,5-7H2,1-4H3. The number of hydrogen-bond donors (Lipinski definition) is 1. The summed E-state index contributed by atoms with van der Waals surface area (Å²) in [5, 5.41) is 6.15. The van der Waals surface area contributed by atoms with Gasteiger partial charge in [-0.05, 0) is 47.4 Å². The summed E-state index contributed by atoms with van der Waals surface area (Å²) in [7, 11) is 1.71. The molecule has 0 fully saturated rings. The number of likely N-dealkylation sites (N-methyl/N-ethyl adjacent to an activating group) is 1. The fraction of sp³-hybridized carbons (Fsp3) is 0.474. The van der Waals surface area contributed by atoms with Crippen molar-refractivity contribution in [1.29, 1.82) is 0 Å². The van der Waals surface area contributed by atoms with Gasteiger partial charge < -0.3 is 10.1 Å². The lowest BCUT2D eigenvalue weighted by Crippen LogP contribution is -2.33. The Morgan fingerprint density at radius 3 is 2.43 bits per heavy atom. The third-order valence-electron chi connectivity index (χ3n) is 4.27. The zero-order valence-corrected chi connectivity index (χ0v) is 13.6. The lowest BCUT2D eigenvalue weighted by atomic mass is 9.89. The molecule has 0 aromatic heterocycles. The van der Waals surface area contributed by atoms with Crippen molar-refractivity contribution >= 4 is 10.8 Å². The molecule has 2 heteroatoms. The van der Waals surface area contributed by atoms with Crippen molar-refractivity contribution in [2.24, 2.45) is 0 Å². The summed E-state index contributed by atoms with van der Waals surface area (Å²) in [5.74, 6) is 1.44. The second-order valence-electron chi connectivity index (χ2n) is 5.71. The smallest absolute Gasteiger partial charge is 0.119 e. The molecule has 2 unspecified atom stereocenters. The zero-order chi connectivity index (χ0) is 15.2. The molecule has 114 valence electrons. The lowest BCUT2D eigenvalue weighted by molar-refractivity contribution is 0.415. The maximum absolute atomic E-state index is 5.29. The maximum Gasteiger partial charge on any atom is 0.119 e. The predicted molar refractivity (Wildman–Crippen MR) is 91.3 cm³/mol. The minimum Gasteiger partial charge on any atom is -0.497 e. The number of fused-ring (bicyclic) bond motifs is 1. The van der Waals surface area contributed by atoms with E-state index in [9.17, 15) is 0 Å². The molecular weight excluding hydrogens is 258 g/mol. The van der Waals surface area contributed by atoms with Crippen LogP contribution in [0.4, 0.5) is 0 Å². The van der Waals surface area contributed by atoms with Crippen LogP contribution in [0, 0.1) is 0 Å². The Hall–Kier alpha value is -1.54. The second kappa shape index (κ2) is 7.46. The molecule has 1 N–H and O–H groups in total. The van der Waals surface area contributed by atoms with E-state index in [1.54, 1.807) is 7.11 Å². The predicted octanol–water partition coefficient (Wildman–Crippen LogP) is 4.73. The van der Waals surface area contributed by atoms with Crippen molar-refractivity contribution in [2.45, 2.75) is 45.6 Å². The average Bonchev–Trinajstić information content (AvgIpc) is 2.53. The zero-order valence-electron chi connectivity index (χ0n) is 13.6. The van der Waals surface area contributed by atoms with Gasteiger partial charge >= 0.3 is 0 Å². The summed E-state index contributed by atoms with van der Waals surface area (Å²) in [6, 6.07) is 13.6. The van der Waals surface area contributed by atoms with Gasteiger partial charge in [0.1, 0.15) is 5.75 Å². The van der Waals surface area contributed by atoms with Gasteiger partial charge in [0.2, 0.25) is 0 Å². The van der Waals surface area contributed by atoms with Gasteiger partial charge in [-0.3, -0.25) is 0 Å². The quantitative estimate of drug-likeness (QED) is 0.794. The first kappa shape index (κ1) is 15.8. The molecule has 0 aliphatic heterocycles. The Labute approximate surface area is 128 Å². The van der Waals surface area contributed by atoms with Crippen LogP contribution in [0.15, 0.2) is 36.4 Å². The van der Waals surface area contributed by atoms with Crippen molar-refractivity contribution in [3.63, 3.8) is 0 Å². The van der Waals surface area contributed by atoms with Crippen LogP contribution in [-0.4, -0.2) is 19.7 Å². The second-order valence-corrected chi connectivity index (χ2v) is 5.71. The van der Waals surface area contributed by atoms with Crippen molar-refractivity contribution in [1.82, 2.24) is 5.32 Å². The van der Waals surface area contributed by atoms with E-state index in [0.29, 0.717) is 12.0 Å². The first-order valence-corrected chi connectivity index (χ1v) is 8.00. The number of benzene rings is 2. The van der Waals surface area contributed by atoms with Crippen LogP contribution in [0.2, 0.25) is 0 Å². The molecule has 2 aromatic carbocycles. The largest absolute Gasteiger partial charge is 0.497 e. The fourth-order valence-electron chi connectivity index (χ4n) is 2.99. The number of ether oxygens (including phenoxy) is 1. The SMILES string of the molecule is CCCC(NCC)C(C)c1ccc2cc(OC)ccc2c1. The Morgan fingerprint density at radius 1 is 1.05 bits per heavy atom. The topological polar surface area (TPSA) is 21.3 Å². The van der Waals surface area contributed by atoms with Gasteiger partial charge in [-0.25, -0.2) is 0 Å². The molecule has 2 rings (SSSR count). The van der Waals surface area contributed by atoms with Gasteiger partial charge in [0.15, 0.2) is 0 Å². The van der Waals surface area contributed by atoms with Crippen LogP contribution in [0.3, 0.4) is 0 Å². The Balaban J connectivity index is 2.28. The molecule has 0 amide bonds. The first-order chi connectivity index (χ1) is 10.2. The molecule has 0 aliphatic rings. The van der Waals surface area contributed by atoms with Gasteiger partial charge in [0, 0.05) is 6.04 Å². The molecule has 0 saturated carbocycles. The number of methoxy groups -OCH3 is 1. The summed E-state index contributed by atoms with van der Waals surface area (Å²) in [6.07, 6.45) is 2.43. The van der Waals surface area contributed by atoms with E-state index in [-0.39, 0.29) is 0 Å². The molecule has 2 aromatic rings. The minimum atomic E-state index is 0.524. The third kappa shape index (κ3) is 3.76. The van der Waals surface area contributed by atoms with E-state index < -0.39 is 0 Å². The van der Waals surface area contributed by atoms with E-state index in [2.05, 4.69) is 56.4 Å². The molecule has 0 saturated heterocycles. The summed E-state index contributed by atoms with van der Waals surface area (Å²) in [6.45, 7) is 7.79. The summed E-state index contributed by atoms with van der Waals surface area (Å²) < 4.78 is 5.29. The molecule has 21 heavy (non-hydrogen) atoms. The molecule has 2 nitrogen and oxygen atoms in total. The van der Waals surface area contributed by atoms with E-state index in [0.717, 1.165) is 12.3 Å². The van der Waals surface area contributed by atoms with Crippen LogP contribution < -0.4 is 10.1 Å². The number of hydrogen-bond acceptors (Lipinski definition) is 2. The molecule has 0 spiro atoms. The summed E-state index contributed by atoms with van der Waals surface area (Å²) >= 11 is 0. The van der Waals surface area contributed by atoms with Crippen molar-refractivity contribution in [3.8, 4) is 5.75 Å². The van der Waals surface area contributed by atoms with Crippen molar-refractivity contribution < 1.29 is 4.74 Å². The van der Waals surface area contributed by atoms with E-state index in [1.165, 1.54) is 29.2 Å². The number of rotatable bonds is 7. The van der Waals surface area contributed by atoms with E-state index in [1.807, 2.05) is 6.07 Å². The lowest BCUT2D eigenvalue weighted by Gasteiger charge is -2.25. The summed E-state index contributed by atoms with van der Waals surface area (Å²) in [4.78, 5) is 0. The van der Waals surface area contributed by atoms with E-state index >= 15 is 0 Å². The Morgan fingerprint density at radius 2 is 1.76 bits per heavy atom. The highest BCUT2D eigenvalue weighted by atomic mass is 16.5. The maximum atomic E-state index is 5.29. The van der Waals surface area contributed by atoms with Gasteiger partial charge in [-0.1, -0.05) is 51.5 Å². The van der Waals surface area contributed by atoms with Crippen LogP contribution in [0.5, 0.6) is 5.75 Å². The first-order valence-electron chi connectivity index (χ1n) is 8.00. The van der Waals surface area contributed by atoms with Crippen LogP contribution >= 0.6 is 0 Å². The van der Waals surface area contributed by atoms with Crippen LogP contribution in [0.25, 0.3) is 10.8 Å². The van der Waals surface area contributed by atoms with Gasteiger partial charge in [0.25, 0.3) is 0 Å². The normalized spacial score (nSPS) is 14.1. The molecule has 0 radical (unpaired) electrons.